The molecule has 1 aromatic rings. The third-order valence-electron chi connectivity index (χ3n) is 4.88. The van der Waals surface area contributed by atoms with Gasteiger partial charge in [0.1, 0.15) is 5.82 Å². The van der Waals surface area contributed by atoms with Gasteiger partial charge >= 0.3 is 6.03 Å². The fourth-order valence-corrected chi connectivity index (χ4v) is 3.34. The molecule has 1 aliphatic heterocycles. The van der Waals surface area contributed by atoms with Gasteiger partial charge in [0.05, 0.1) is 18.6 Å². The molecule has 150 valence electrons. The van der Waals surface area contributed by atoms with E-state index in [0.717, 1.165) is 18.4 Å². The third-order valence-corrected chi connectivity index (χ3v) is 4.88. The lowest BCUT2D eigenvalue weighted by atomic mass is 9.88. The number of hydrogen-bond donors (Lipinski definition) is 2. The third kappa shape index (κ3) is 6.20. The van der Waals surface area contributed by atoms with Crippen molar-refractivity contribution in [2.75, 3.05) is 33.4 Å². The number of nitrogens with zero attached hydrogens (tertiary/aromatic N) is 1. The average molecular weight is 379 g/mol. The van der Waals surface area contributed by atoms with E-state index in [4.69, 9.17) is 4.74 Å². The summed E-state index contributed by atoms with van der Waals surface area (Å²) < 4.78 is 18.2. The first-order chi connectivity index (χ1) is 13.1. The van der Waals surface area contributed by atoms with Gasteiger partial charge in [-0.15, -0.1) is 0 Å². The first-order valence-electron chi connectivity index (χ1n) is 9.63. The number of halogens is 1. The molecule has 0 radical (unpaired) electrons. The van der Waals surface area contributed by atoms with Crippen molar-refractivity contribution < 1.29 is 18.7 Å². The molecule has 7 heteroatoms. The number of urea groups is 1. The molecule has 0 spiro atoms. The normalized spacial score (nSPS) is 19.6. The topological polar surface area (TPSA) is 70.7 Å². The van der Waals surface area contributed by atoms with E-state index in [1.54, 1.807) is 24.1 Å². The van der Waals surface area contributed by atoms with E-state index in [2.05, 4.69) is 17.6 Å². The second-order valence-electron chi connectivity index (χ2n) is 6.86. The standard InChI is InChI=1S/C20H30FN3O3/c1-3-4-11-23-20(26)24-14-16(19(25)22-12-13-27-2)7-10-18(24)15-5-8-17(21)9-6-15/h5-6,8-9,16,18H,3-4,7,10-14H2,1-2H3,(H,22,25)(H,23,26)/t16-,18+/m1/s1. The molecule has 27 heavy (non-hydrogen) atoms. The van der Waals surface area contributed by atoms with E-state index in [1.165, 1.54) is 12.1 Å². The van der Waals surface area contributed by atoms with Gasteiger partial charge in [-0.2, -0.15) is 0 Å². The number of piperidine rings is 1. The summed E-state index contributed by atoms with van der Waals surface area (Å²) in [7, 11) is 1.59. The Bertz CT molecular complexity index is 609. The maximum atomic E-state index is 13.3. The van der Waals surface area contributed by atoms with Crippen LogP contribution in [0, 0.1) is 11.7 Å². The van der Waals surface area contributed by atoms with Crippen LogP contribution >= 0.6 is 0 Å². The van der Waals surface area contributed by atoms with Gasteiger partial charge in [0.15, 0.2) is 0 Å². The highest BCUT2D eigenvalue weighted by molar-refractivity contribution is 5.81. The Morgan fingerprint density at radius 3 is 2.59 bits per heavy atom. The molecule has 1 heterocycles. The van der Waals surface area contributed by atoms with Gasteiger partial charge in [-0.1, -0.05) is 25.5 Å². The molecule has 0 aliphatic carbocycles. The maximum absolute atomic E-state index is 13.3. The summed E-state index contributed by atoms with van der Waals surface area (Å²) in [6, 6.07) is 5.91. The van der Waals surface area contributed by atoms with Gasteiger partial charge < -0.3 is 20.3 Å². The van der Waals surface area contributed by atoms with E-state index in [0.29, 0.717) is 39.1 Å². The molecule has 1 fully saturated rings. The second-order valence-corrected chi connectivity index (χ2v) is 6.86. The van der Waals surface area contributed by atoms with E-state index in [9.17, 15) is 14.0 Å². The summed E-state index contributed by atoms with van der Waals surface area (Å²) >= 11 is 0. The minimum Gasteiger partial charge on any atom is -0.383 e. The molecule has 0 aromatic heterocycles. The Morgan fingerprint density at radius 1 is 1.19 bits per heavy atom. The van der Waals surface area contributed by atoms with Crippen LogP contribution < -0.4 is 10.6 Å². The average Bonchev–Trinajstić information content (AvgIpc) is 2.68. The molecule has 1 saturated heterocycles. The second kappa shape index (κ2) is 10.9. The molecule has 0 bridgehead atoms. The van der Waals surface area contributed by atoms with E-state index >= 15 is 0 Å². The number of carbonyl (C=O) groups excluding carboxylic acids is 2. The fraction of sp³-hybridized carbons (Fsp3) is 0.600. The molecule has 0 unspecified atom stereocenters. The van der Waals surface area contributed by atoms with Crippen LogP contribution in [0.3, 0.4) is 0 Å². The van der Waals surface area contributed by atoms with Crippen LogP contribution in [0.5, 0.6) is 0 Å². The summed E-state index contributed by atoms with van der Waals surface area (Å²) in [6.07, 6.45) is 3.24. The zero-order chi connectivity index (χ0) is 19.6. The zero-order valence-electron chi connectivity index (χ0n) is 16.2. The first-order valence-corrected chi connectivity index (χ1v) is 9.63. The van der Waals surface area contributed by atoms with Crippen molar-refractivity contribution in [1.82, 2.24) is 15.5 Å². The Labute approximate surface area is 160 Å². The van der Waals surface area contributed by atoms with Crippen LogP contribution in [0.15, 0.2) is 24.3 Å². The fourth-order valence-electron chi connectivity index (χ4n) is 3.34. The number of rotatable bonds is 8. The van der Waals surface area contributed by atoms with Crippen molar-refractivity contribution in [3.05, 3.63) is 35.6 Å². The van der Waals surface area contributed by atoms with Crippen molar-refractivity contribution >= 4 is 11.9 Å². The molecule has 2 atom stereocenters. The van der Waals surface area contributed by atoms with Crippen LogP contribution in [-0.2, 0) is 9.53 Å². The number of benzene rings is 1. The maximum Gasteiger partial charge on any atom is 0.317 e. The number of unbranched alkanes of at least 4 members (excludes halogenated alkanes) is 1. The number of amides is 3. The summed E-state index contributed by atoms with van der Waals surface area (Å²) in [5.74, 6) is -0.615. The van der Waals surface area contributed by atoms with Gasteiger partial charge in [0, 0.05) is 26.7 Å². The highest BCUT2D eigenvalue weighted by atomic mass is 19.1. The number of ether oxygens (including phenoxy) is 1. The summed E-state index contributed by atoms with van der Waals surface area (Å²) in [5.41, 5.74) is 0.889. The highest BCUT2D eigenvalue weighted by Crippen LogP contribution is 2.33. The smallest absolute Gasteiger partial charge is 0.317 e. The highest BCUT2D eigenvalue weighted by Gasteiger charge is 2.35. The number of hydrogen-bond acceptors (Lipinski definition) is 3. The molecule has 2 rings (SSSR count). The lowest BCUT2D eigenvalue weighted by Gasteiger charge is -2.39. The molecule has 3 amide bonds. The van der Waals surface area contributed by atoms with Crippen molar-refractivity contribution in [2.45, 2.75) is 38.6 Å². The van der Waals surface area contributed by atoms with Gasteiger partial charge in [0.2, 0.25) is 5.91 Å². The SMILES string of the molecule is CCCCNC(=O)N1C[C@H](C(=O)NCCOC)CC[C@H]1c1ccc(F)cc1. The molecular formula is C20H30FN3O3. The predicted molar refractivity (Wildman–Crippen MR) is 102 cm³/mol. The minimum absolute atomic E-state index is 0.0593. The minimum atomic E-state index is -0.302. The van der Waals surface area contributed by atoms with Crippen LogP contribution in [0.25, 0.3) is 0 Å². The largest absolute Gasteiger partial charge is 0.383 e. The molecule has 2 N–H and O–H groups in total. The Hall–Kier alpha value is -2.15. The quantitative estimate of drug-likeness (QED) is 0.683. The van der Waals surface area contributed by atoms with Gasteiger partial charge in [-0.05, 0) is 37.0 Å². The van der Waals surface area contributed by atoms with E-state index in [1.807, 2.05) is 0 Å². The van der Waals surface area contributed by atoms with Crippen LogP contribution in [0.2, 0.25) is 0 Å². The number of carbonyl (C=O) groups is 2. The monoisotopic (exact) mass is 379 g/mol. The molecular weight excluding hydrogens is 349 g/mol. The van der Waals surface area contributed by atoms with Crippen LogP contribution in [0.4, 0.5) is 9.18 Å². The van der Waals surface area contributed by atoms with Gasteiger partial charge in [-0.3, -0.25) is 4.79 Å². The molecule has 0 saturated carbocycles. The summed E-state index contributed by atoms with van der Waals surface area (Å²) in [6.45, 7) is 3.92. The summed E-state index contributed by atoms with van der Waals surface area (Å²) in [5, 5.41) is 5.79. The van der Waals surface area contributed by atoms with Crippen molar-refractivity contribution in [3.8, 4) is 0 Å². The first kappa shape index (κ1) is 21.2. The van der Waals surface area contributed by atoms with Crippen LogP contribution in [-0.4, -0.2) is 50.2 Å². The molecule has 1 aliphatic rings. The van der Waals surface area contributed by atoms with Crippen LogP contribution in [0.1, 0.15) is 44.2 Å². The van der Waals surface area contributed by atoms with E-state index < -0.39 is 0 Å². The Kier molecular flexibility index (Phi) is 8.51. The Balaban J connectivity index is 2.08. The van der Waals surface area contributed by atoms with Crippen molar-refractivity contribution in [1.29, 1.82) is 0 Å². The Morgan fingerprint density at radius 2 is 1.93 bits per heavy atom. The van der Waals surface area contributed by atoms with Crippen molar-refractivity contribution in [3.63, 3.8) is 0 Å². The number of methoxy groups -OCH3 is 1. The van der Waals surface area contributed by atoms with E-state index in [-0.39, 0.29) is 29.7 Å². The van der Waals surface area contributed by atoms with Gasteiger partial charge in [-0.25, -0.2) is 9.18 Å². The number of nitrogens with one attached hydrogen (secondary N) is 2. The zero-order valence-corrected chi connectivity index (χ0v) is 16.2. The van der Waals surface area contributed by atoms with Crippen molar-refractivity contribution in [2.24, 2.45) is 5.92 Å². The molecule has 1 aromatic carbocycles. The lowest BCUT2D eigenvalue weighted by molar-refractivity contribution is -0.127. The summed E-state index contributed by atoms with van der Waals surface area (Å²) in [4.78, 5) is 26.9. The lowest BCUT2D eigenvalue weighted by Crippen LogP contribution is -2.50. The number of likely N-dealkylation sites (tertiary alicyclic amines) is 1. The van der Waals surface area contributed by atoms with Gasteiger partial charge in [0.25, 0.3) is 0 Å². The predicted octanol–water partition coefficient (Wildman–Crippen LogP) is 2.85. The molecule has 6 nitrogen and oxygen atoms in total.